The Morgan fingerprint density at radius 3 is 2.51 bits per heavy atom. The van der Waals surface area contributed by atoms with Crippen molar-refractivity contribution in [2.75, 3.05) is 51.5 Å². The molecule has 1 fully saturated rings. The SMILES string of the molecule is CCCCOCCOc1ccc(-c2ccc(N3CCC(OC)C3)c(/C=C(\C)C(=O)OCC)c2)cc1. The summed E-state index contributed by atoms with van der Waals surface area (Å²) in [5.41, 5.74) is 4.84. The highest BCUT2D eigenvalue weighted by Gasteiger charge is 2.24. The molecule has 0 aliphatic carbocycles. The summed E-state index contributed by atoms with van der Waals surface area (Å²) in [6.45, 7) is 9.81. The molecule has 0 saturated carbocycles. The second kappa shape index (κ2) is 13.9. The van der Waals surface area contributed by atoms with Crippen LogP contribution < -0.4 is 9.64 Å². The number of hydrogen-bond donors (Lipinski definition) is 0. The fraction of sp³-hybridized carbons (Fsp3) is 0.483. The Kier molecular flexibility index (Phi) is 10.6. The van der Waals surface area contributed by atoms with Crippen LogP contribution in [-0.4, -0.2) is 58.7 Å². The van der Waals surface area contributed by atoms with E-state index in [2.05, 4.69) is 42.2 Å². The molecular formula is C29H39NO5. The van der Waals surface area contributed by atoms with Gasteiger partial charge in [0.25, 0.3) is 0 Å². The molecule has 0 amide bonds. The third-order valence-corrected chi connectivity index (χ3v) is 6.14. The van der Waals surface area contributed by atoms with Gasteiger partial charge in [0.1, 0.15) is 12.4 Å². The number of anilines is 1. The summed E-state index contributed by atoms with van der Waals surface area (Å²) in [6.07, 6.45) is 5.35. The summed E-state index contributed by atoms with van der Waals surface area (Å²) in [5, 5.41) is 0. The average Bonchev–Trinajstić information content (AvgIpc) is 3.36. The van der Waals surface area contributed by atoms with Crippen molar-refractivity contribution in [3.05, 3.63) is 53.6 Å². The van der Waals surface area contributed by atoms with Gasteiger partial charge in [0, 0.05) is 38.1 Å². The number of hydrogen-bond acceptors (Lipinski definition) is 6. The van der Waals surface area contributed by atoms with E-state index in [4.69, 9.17) is 18.9 Å². The van der Waals surface area contributed by atoms with E-state index in [0.29, 0.717) is 25.4 Å². The van der Waals surface area contributed by atoms with Crippen molar-refractivity contribution in [3.63, 3.8) is 0 Å². The quantitative estimate of drug-likeness (QED) is 0.207. The molecule has 1 aliphatic rings. The fourth-order valence-corrected chi connectivity index (χ4v) is 4.12. The zero-order valence-electron chi connectivity index (χ0n) is 21.5. The topological polar surface area (TPSA) is 57.2 Å². The summed E-state index contributed by atoms with van der Waals surface area (Å²) in [4.78, 5) is 14.6. The fourth-order valence-electron chi connectivity index (χ4n) is 4.12. The van der Waals surface area contributed by atoms with Crippen molar-refractivity contribution < 1.29 is 23.7 Å². The average molecular weight is 482 g/mol. The van der Waals surface area contributed by atoms with Gasteiger partial charge in [0.2, 0.25) is 0 Å². The second-order valence-electron chi connectivity index (χ2n) is 8.75. The molecule has 35 heavy (non-hydrogen) atoms. The number of carbonyl (C=O) groups is 1. The number of benzene rings is 2. The van der Waals surface area contributed by atoms with Gasteiger partial charge in [-0.05, 0) is 73.7 Å². The molecule has 0 spiro atoms. The highest BCUT2D eigenvalue weighted by atomic mass is 16.5. The van der Waals surface area contributed by atoms with E-state index in [-0.39, 0.29) is 12.1 Å². The Bertz CT molecular complexity index is 970. The molecule has 2 aromatic rings. The first-order chi connectivity index (χ1) is 17.0. The molecule has 0 N–H and O–H groups in total. The van der Waals surface area contributed by atoms with Crippen LogP contribution in [0.5, 0.6) is 5.75 Å². The Labute approximate surface area is 209 Å². The van der Waals surface area contributed by atoms with E-state index in [1.165, 1.54) is 0 Å². The molecule has 2 aromatic carbocycles. The van der Waals surface area contributed by atoms with Gasteiger partial charge in [-0.25, -0.2) is 4.79 Å². The molecule has 1 heterocycles. The van der Waals surface area contributed by atoms with Gasteiger partial charge in [-0.1, -0.05) is 31.5 Å². The number of esters is 1. The summed E-state index contributed by atoms with van der Waals surface area (Å²) < 4.78 is 22.1. The molecule has 6 nitrogen and oxygen atoms in total. The van der Waals surface area contributed by atoms with Gasteiger partial charge in [0.15, 0.2) is 0 Å². The number of unbranched alkanes of at least 4 members (excludes halogenated alkanes) is 1. The first-order valence-electron chi connectivity index (χ1n) is 12.6. The maximum absolute atomic E-state index is 12.3. The predicted molar refractivity (Wildman–Crippen MR) is 141 cm³/mol. The van der Waals surface area contributed by atoms with E-state index in [1.807, 2.05) is 25.1 Å². The third-order valence-electron chi connectivity index (χ3n) is 6.14. The lowest BCUT2D eigenvalue weighted by atomic mass is 10.00. The number of carbonyl (C=O) groups excluding carboxylic acids is 1. The van der Waals surface area contributed by atoms with Gasteiger partial charge in [0.05, 0.1) is 19.3 Å². The number of rotatable bonds is 13. The maximum atomic E-state index is 12.3. The molecule has 0 radical (unpaired) electrons. The minimum atomic E-state index is -0.291. The molecule has 0 bridgehead atoms. The summed E-state index contributed by atoms with van der Waals surface area (Å²) in [6, 6.07) is 14.5. The van der Waals surface area contributed by atoms with Crippen LogP contribution in [0.4, 0.5) is 5.69 Å². The second-order valence-corrected chi connectivity index (χ2v) is 8.75. The molecule has 1 aliphatic heterocycles. The van der Waals surface area contributed by atoms with Crippen LogP contribution >= 0.6 is 0 Å². The van der Waals surface area contributed by atoms with Crippen molar-refractivity contribution >= 4 is 17.7 Å². The van der Waals surface area contributed by atoms with Crippen LogP contribution in [0, 0.1) is 0 Å². The third kappa shape index (κ3) is 7.84. The first kappa shape index (κ1) is 26.8. The van der Waals surface area contributed by atoms with Crippen LogP contribution in [0.1, 0.15) is 45.6 Å². The van der Waals surface area contributed by atoms with Crippen LogP contribution in [0.15, 0.2) is 48.0 Å². The maximum Gasteiger partial charge on any atom is 0.333 e. The zero-order valence-corrected chi connectivity index (χ0v) is 21.5. The molecule has 1 unspecified atom stereocenters. The lowest BCUT2D eigenvalue weighted by Crippen LogP contribution is -2.23. The van der Waals surface area contributed by atoms with Gasteiger partial charge in [-0.2, -0.15) is 0 Å². The predicted octanol–water partition coefficient (Wildman–Crippen LogP) is 5.74. The van der Waals surface area contributed by atoms with E-state index >= 15 is 0 Å². The molecule has 0 aromatic heterocycles. The number of nitrogens with zero attached hydrogens (tertiary/aromatic N) is 1. The molecular weight excluding hydrogens is 442 g/mol. The van der Waals surface area contributed by atoms with E-state index < -0.39 is 0 Å². The Hall–Kier alpha value is -2.83. The van der Waals surface area contributed by atoms with Crippen LogP contribution in [0.2, 0.25) is 0 Å². The Morgan fingerprint density at radius 2 is 1.83 bits per heavy atom. The Balaban J connectivity index is 1.77. The van der Waals surface area contributed by atoms with Crippen molar-refractivity contribution in [1.29, 1.82) is 0 Å². The van der Waals surface area contributed by atoms with Gasteiger partial charge >= 0.3 is 5.97 Å². The highest BCUT2D eigenvalue weighted by molar-refractivity contribution is 5.94. The van der Waals surface area contributed by atoms with Crippen molar-refractivity contribution in [2.45, 2.75) is 46.1 Å². The van der Waals surface area contributed by atoms with E-state index in [0.717, 1.165) is 67.1 Å². The van der Waals surface area contributed by atoms with Crippen molar-refractivity contribution in [1.82, 2.24) is 0 Å². The van der Waals surface area contributed by atoms with Gasteiger partial charge in [-0.3, -0.25) is 0 Å². The Morgan fingerprint density at radius 1 is 1.06 bits per heavy atom. The zero-order chi connectivity index (χ0) is 25.0. The van der Waals surface area contributed by atoms with Crippen molar-refractivity contribution in [3.8, 4) is 16.9 Å². The number of ether oxygens (including phenoxy) is 4. The molecule has 1 saturated heterocycles. The summed E-state index contributed by atoms with van der Waals surface area (Å²) >= 11 is 0. The van der Waals surface area contributed by atoms with Gasteiger partial charge < -0.3 is 23.8 Å². The largest absolute Gasteiger partial charge is 0.491 e. The van der Waals surface area contributed by atoms with E-state index in [1.54, 1.807) is 14.0 Å². The normalized spacial score (nSPS) is 15.9. The minimum Gasteiger partial charge on any atom is -0.491 e. The molecule has 1 atom stereocenters. The van der Waals surface area contributed by atoms with Crippen molar-refractivity contribution in [2.24, 2.45) is 0 Å². The lowest BCUT2D eigenvalue weighted by Gasteiger charge is -2.22. The van der Waals surface area contributed by atoms with Crippen LogP contribution in [-0.2, 0) is 19.0 Å². The monoisotopic (exact) mass is 481 g/mol. The van der Waals surface area contributed by atoms with Crippen LogP contribution in [0.3, 0.4) is 0 Å². The highest BCUT2D eigenvalue weighted by Crippen LogP contribution is 2.32. The van der Waals surface area contributed by atoms with Crippen LogP contribution in [0.25, 0.3) is 17.2 Å². The molecule has 6 heteroatoms. The minimum absolute atomic E-state index is 0.224. The summed E-state index contributed by atoms with van der Waals surface area (Å²) in [5.74, 6) is 0.533. The molecule has 190 valence electrons. The van der Waals surface area contributed by atoms with Gasteiger partial charge in [-0.15, -0.1) is 0 Å². The lowest BCUT2D eigenvalue weighted by molar-refractivity contribution is -0.138. The number of methoxy groups -OCH3 is 1. The smallest absolute Gasteiger partial charge is 0.333 e. The molecule has 3 rings (SSSR count). The first-order valence-corrected chi connectivity index (χ1v) is 12.6. The standard InChI is InChI=1S/C29H39NO5/c1-5-7-16-33-17-18-35-26-11-8-23(9-12-26)24-10-13-28(30-15-14-27(21-30)32-4)25(20-24)19-22(3)29(31)34-6-2/h8-13,19-20,27H,5-7,14-18,21H2,1-4H3/b22-19+. The van der Waals surface area contributed by atoms with E-state index in [9.17, 15) is 4.79 Å². The summed E-state index contributed by atoms with van der Waals surface area (Å²) in [7, 11) is 1.76.